The van der Waals surface area contributed by atoms with Crippen LogP contribution in [0.25, 0.3) is 0 Å². The largest absolute Gasteiger partial charge is 0.433 e. The number of rotatable bonds is 0. The first-order valence-electron chi connectivity index (χ1n) is 4.80. The predicted molar refractivity (Wildman–Crippen MR) is 50.6 cm³/mol. The smallest absolute Gasteiger partial charge is 0.381 e. The van der Waals surface area contributed by atoms with Crippen LogP contribution in [0, 0.1) is 0 Å². The monoisotopic (exact) mass is 216 g/mol. The maximum Gasteiger partial charge on any atom is 0.433 e. The molecule has 0 bridgehead atoms. The van der Waals surface area contributed by atoms with E-state index in [9.17, 15) is 13.2 Å². The van der Waals surface area contributed by atoms with Crippen LogP contribution in [0.15, 0.2) is 12.1 Å². The standard InChI is InChI=1S/C10H11F3N2/c1-6-2-3-8-7(14-6)4-5-9(15-8)10(11,12)13/h4-6,14H,2-3H2,1H3/t6-/m1/s1. The number of aromatic nitrogens is 1. The van der Waals surface area contributed by atoms with Crippen LogP contribution in [-0.4, -0.2) is 11.0 Å². The fourth-order valence-corrected chi connectivity index (χ4v) is 1.67. The van der Waals surface area contributed by atoms with Gasteiger partial charge < -0.3 is 5.32 Å². The molecule has 0 radical (unpaired) electrons. The molecule has 0 fully saturated rings. The lowest BCUT2D eigenvalue weighted by Gasteiger charge is -2.23. The van der Waals surface area contributed by atoms with E-state index in [1.807, 2.05) is 6.92 Å². The summed E-state index contributed by atoms with van der Waals surface area (Å²) in [6, 6.07) is 2.78. The Kier molecular flexibility index (Phi) is 2.32. The molecular weight excluding hydrogens is 205 g/mol. The molecule has 2 nitrogen and oxygen atoms in total. The Hall–Kier alpha value is -1.26. The number of fused-ring (bicyclic) bond motifs is 1. The van der Waals surface area contributed by atoms with Crippen LogP contribution in [0.4, 0.5) is 18.9 Å². The highest BCUT2D eigenvalue weighted by atomic mass is 19.4. The van der Waals surface area contributed by atoms with Gasteiger partial charge in [0.15, 0.2) is 0 Å². The van der Waals surface area contributed by atoms with E-state index in [1.165, 1.54) is 6.07 Å². The summed E-state index contributed by atoms with van der Waals surface area (Å²) >= 11 is 0. The molecule has 1 aliphatic heterocycles. The lowest BCUT2D eigenvalue weighted by molar-refractivity contribution is -0.141. The maximum absolute atomic E-state index is 12.4. The molecular formula is C10H11F3N2. The second-order valence-corrected chi connectivity index (χ2v) is 3.77. The third kappa shape index (κ3) is 2.06. The zero-order valence-corrected chi connectivity index (χ0v) is 8.23. The van der Waals surface area contributed by atoms with Crippen molar-refractivity contribution in [2.75, 3.05) is 5.32 Å². The van der Waals surface area contributed by atoms with E-state index < -0.39 is 11.9 Å². The Morgan fingerprint density at radius 2 is 2.13 bits per heavy atom. The van der Waals surface area contributed by atoms with Gasteiger partial charge in [0.05, 0.1) is 11.4 Å². The number of aryl methyl sites for hydroxylation is 1. The molecule has 1 aromatic rings. The lowest BCUT2D eigenvalue weighted by atomic mass is 10.0. The fraction of sp³-hybridized carbons (Fsp3) is 0.500. The van der Waals surface area contributed by atoms with Gasteiger partial charge in [-0.2, -0.15) is 13.2 Å². The average molecular weight is 216 g/mol. The second kappa shape index (κ2) is 3.40. The van der Waals surface area contributed by atoms with Crippen LogP contribution in [0.5, 0.6) is 0 Å². The molecule has 0 aromatic carbocycles. The van der Waals surface area contributed by atoms with Gasteiger partial charge >= 0.3 is 6.18 Å². The van der Waals surface area contributed by atoms with E-state index >= 15 is 0 Å². The zero-order valence-electron chi connectivity index (χ0n) is 8.23. The summed E-state index contributed by atoms with van der Waals surface area (Å²) in [6.07, 6.45) is -2.92. The molecule has 2 rings (SSSR count). The van der Waals surface area contributed by atoms with Crippen LogP contribution < -0.4 is 5.32 Å². The van der Waals surface area contributed by atoms with Gasteiger partial charge in [-0.3, -0.25) is 0 Å². The summed E-state index contributed by atoms with van der Waals surface area (Å²) in [5.74, 6) is 0. The molecule has 0 unspecified atom stereocenters. The zero-order chi connectivity index (χ0) is 11.1. The maximum atomic E-state index is 12.4. The van der Waals surface area contributed by atoms with Crippen molar-refractivity contribution in [3.05, 3.63) is 23.5 Å². The van der Waals surface area contributed by atoms with Crippen molar-refractivity contribution in [3.63, 3.8) is 0 Å². The van der Waals surface area contributed by atoms with Crippen LogP contribution >= 0.6 is 0 Å². The predicted octanol–water partition coefficient (Wildman–Crippen LogP) is 2.85. The number of nitrogens with zero attached hydrogens (tertiary/aromatic N) is 1. The van der Waals surface area contributed by atoms with Crippen LogP contribution in [-0.2, 0) is 12.6 Å². The van der Waals surface area contributed by atoms with Crippen LogP contribution in [0.3, 0.4) is 0 Å². The number of alkyl halides is 3. The Balaban J connectivity index is 2.35. The van der Waals surface area contributed by atoms with Gasteiger partial charge in [-0.15, -0.1) is 0 Å². The third-order valence-corrected chi connectivity index (χ3v) is 2.48. The van der Waals surface area contributed by atoms with Gasteiger partial charge in [-0.05, 0) is 31.9 Å². The SMILES string of the molecule is C[C@@H]1CCc2nc(C(F)(F)F)ccc2N1. The van der Waals surface area contributed by atoms with Crippen LogP contribution in [0.2, 0.25) is 0 Å². The van der Waals surface area contributed by atoms with Gasteiger partial charge in [-0.25, -0.2) is 4.98 Å². The lowest BCUT2D eigenvalue weighted by Crippen LogP contribution is -2.23. The van der Waals surface area contributed by atoms with E-state index in [-0.39, 0.29) is 0 Å². The van der Waals surface area contributed by atoms with Gasteiger partial charge in [0.1, 0.15) is 5.69 Å². The van der Waals surface area contributed by atoms with Gasteiger partial charge in [-0.1, -0.05) is 0 Å². The summed E-state index contributed by atoms with van der Waals surface area (Å²) in [7, 11) is 0. The van der Waals surface area contributed by atoms with Crippen molar-refractivity contribution in [1.29, 1.82) is 0 Å². The number of hydrogen-bond donors (Lipinski definition) is 1. The molecule has 0 aliphatic carbocycles. The Morgan fingerprint density at radius 1 is 1.40 bits per heavy atom. The molecule has 0 amide bonds. The highest BCUT2D eigenvalue weighted by Crippen LogP contribution is 2.31. The molecule has 1 N–H and O–H groups in total. The molecule has 1 aromatic heterocycles. The molecule has 0 spiro atoms. The summed E-state index contributed by atoms with van der Waals surface area (Å²) in [5.41, 5.74) is 0.433. The summed E-state index contributed by atoms with van der Waals surface area (Å²) in [4.78, 5) is 3.63. The van der Waals surface area contributed by atoms with Gasteiger partial charge in [0, 0.05) is 6.04 Å². The molecule has 0 saturated carbocycles. The Bertz CT molecular complexity index is 373. The molecule has 0 saturated heterocycles. The number of hydrogen-bond acceptors (Lipinski definition) is 2. The number of pyridine rings is 1. The van der Waals surface area contributed by atoms with Crippen LogP contribution in [0.1, 0.15) is 24.7 Å². The minimum absolute atomic E-state index is 0.302. The summed E-state index contributed by atoms with van der Waals surface area (Å²) < 4.78 is 37.1. The highest BCUT2D eigenvalue weighted by Gasteiger charge is 2.33. The molecule has 15 heavy (non-hydrogen) atoms. The van der Waals surface area contributed by atoms with E-state index in [4.69, 9.17) is 0 Å². The van der Waals surface area contributed by atoms with E-state index in [1.54, 1.807) is 0 Å². The Morgan fingerprint density at radius 3 is 2.80 bits per heavy atom. The summed E-state index contributed by atoms with van der Waals surface area (Å²) in [6.45, 7) is 2.00. The molecule has 1 aliphatic rings. The molecule has 2 heterocycles. The number of nitrogens with one attached hydrogen (secondary N) is 1. The molecule has 82 valence electrons. The first-order chi connectivity index (χ1) is 6.97. The molecule has 1 atom stereocenters. The van der Waals surface area contributed by atoms with Crippen molar-refractivity contribution >= 4 is 5.69 Å². The fourth-order valence-electron chi connectivity index (χ4n) is 1.67. The topological polar surface area (TPSA) is 24.9 Å². The normalized spacial score (nSPS) is 20.7. The number of anilines is 1. The van der Waals surface area contributed by atoms with Crippen molar-refractivity contribution < 1.29 is 13.2 Å². The summed E-state index contributed by atoms with van der Waals surface area (Å²) in [5, 5.41) is 3.11. The van der Waals surface area contributed by atoms with Gasteiger partial charge in [0.25, 0.3) is 0 Å². The average Bonchev–Trinajstić information content (AvgIpc) is 2.15. The first kappa shape index (κ1) is 10.3. The Labute approximate surface area is 85.5 Å². The van der Waals surface area contributed by atoms with Crippen molar-refractivity contribution in [1.82, 2.24) is 4.98 Å². The van der Waals surface area contributed by atoms with Gasteiger partial charge in [0.2, 0.25) is 0 Å². The van der Waals surface area contributed by atoms with Crippen molar-refractivity contribution in [2.45, 2.75) is 32.0 Å². The second-order valence-electron chi connectivity index (χ2n) is 3.77. The molecule has 5 heteroatoms. The quantitative estimate of drug-likeness (QED) is 0.721. The minimum Gasteiger partial charge on any atom is -0.381 e. The minimum atomic E-state index is -4.35. The third-order valence-electron chi connectivity index (χ3n) is 2.48. The van der Waals surface area contributed by atoms with E-state index in [2.05, 4.69) is 10.3 Å². The van der Waals surface area contributed by atoms with E-state index in [0.29, 0.717) is 18.2 Å². The van der Waals surface area contributed by atoms with E-state index in [0.717, 1.165) is 18.2 Å². The van der Waals surface area contributed by atoms with Crippen molar-refractivity contribution in [3.8, 4) is 0 Å². The van der Waals surface area contributed by atoms with Crippen molar-refractivity contribution in [2.24, 2.45) is 0 Å². The highest BCUT2D eigenvalue weighted by molar-refractivity contribution is 5.51. The number of halogens is 3. The first-order valence-corrected chi connectivity index (χ1v) is 4.80.